The van der Waals surface area contributed by atoms with Crippen LogP contribution in [-0.4, -0.2) is 45.2 Å². The van der Waals surface area contributed by atoms with Gasteiger partial charge in [0.15, 0.2) is 5.82 Å². The molecule has 0 atom stereocenters. The van der Waals surface area contributed by atoms with Crippen molar-refractivity contribution in [3.8, 4) is 11.4 Å². The van der Waals surface area contributed by atoms with Crippen LogP contribution < -0.4 is 21.5 Å². The van der Waals surface area contributed by atoms with Gasteiger partial charge in [0.2, 0.25) is 23.5 Å². The van der Waals surface area contributed by atoms with E-state index in [4.69, 9.17) is 4.52 Å². The van der Waals surface area contributed by atoms with Crippen molar-refractivity contribution in [2.24, 2.45) is 5.92 Å². The molecule has 0 saturated heterocycles. The lowest BCUT2D eigenvalue weighted by Crippen LogP contribution is -2.26. The molecule has 0 saturated carbocycles. The number of carbonyl (C=O) groups is 2. The molecule has 3 aromatic heterocycles. The summed E-state index contributed by atoms with van der Waals surface area (Å²) >= 11 is 1.40. The summed E-state index contributed by atoms with van der Waals surface area (Å²) in [7, 11) is 0. The highest BCUT2D eigenvalue weighted by molar-refractivity contribution is 7.14. The minimum absolute atomic E-state index is 0.0273. The molecular weight excluding hydrogens is 494 g/mol. The van der Waals surface area contributed by atoms with E-state index in [0.29, 0.717) is 55.3 Å². The number of rotatable bonds is 12. The van der Waals surface area contributed by atoms with E-state index in [1.807, 2.05) is 37.4 Å². The zero-order valence-corrected chi connectivity index (χ0v) is 21.5. The Morgan fingerprint density at radius 2 is 1.95 bits per heavy atom. The van der Waals surface area contributed by atoms with Gasteiger partial charge in [-0.05, 0) is 24.5 Å². The van der Waals surface area contributed by atoms with Crippen LogP contribution in [0.4, 0.5) is 10.8 Å². The second kappa shape index (κ2) is 12.3. The lowest BCUT2D eigenvalue weighted by atomic mass is 10.1. The van der Waals surface area contributed by atoms with Crippen LogP contribution in [0.2, 0.25) is 0 Å². The SMILES string of the molecule is CC(C)CC(=O)Nc1cc(-c2noc(CCC(=O)NCCCNc3n[nH]c(=O)c4ccccc34)n2)cs1. The third kappa shape index (κ3) is 7.23. The van der Waals surface area contributed by atoms with Gasteiger partial charge in [-0.1, -0.05) is 37.2 Å². The van der Waals surface area contributed by atoms with Crippen LogP contribution in [-0.2, 0) is 16.0 Å². The standard InChI is InChI=1S/C25H29N7O4S/c1-15(2)12-20(34)28-22-13-16(14-37-22)23-29-21(36-32-23)9-8-19(33)26-10-5-11-27-24-17-6-3-4-7-18(17)25(35)31-30-24/h3-4,6-7,13-15H,5,8-12H2,1-2H3,(H,26,33)(H,27,30)(H,28,34)(H,31,35). The number of amides is 2. The Hall–Kier alpha value is -4.06. The minimum Gasteiger partial charge on any atom is -0.368 e. The molecule has 37 heavy (non-hydrogen) atoms. The molecule has 0 radical (unpaired) electrons. The fourth-order valence-corrected chi connectivity index (χ4v) is 4.43. The Kier molecular flexibility index (Phi) is 8.62. The summed E-state index contributed by atoms with van der Waals surface area (Å²) in [5.74, 6) is 1.54. The lowest BCUT2D eigenvalue weighted by Gasteiger charge is -2.08. The van der Waals surface area contributed by atoms with Crippen molar-refractivity contribution < 1.29 is 14.1 Å². The number of H-pyrrole nitrogens is 1. The molecule has 194 valence electrons. The van der Waals surface area contributed by atoms with E-state index >= 15 is 0 Å². The van der Waals surface area contributed by atoms with Crippen LogP contribution in [0.15, 0.2) is 45.0 Å². The Bertz CT molecular complexity index is 1430. The van der Waals surface area contributed by atoms with E-state index in [1.54, 1.807) is 12.1 Å². The van der Waals surface area contributed by atoms with Gasteiger partial charge < -0.3 is 20.5 Å². The average Bonchev–Trinajstić information content (AvgIpc) is 3.53. The van der Waals surface area contributed by atoms with Gasteiger partial charge in [0.25, 0.3) is 5.56 Å². The predicted octanol–water partition coefficient (Wildman–Crippen LogP) is 3.57. The summed E-state index contributed by atoms with van der Waals surface area (Å²) in [6, 6.07) is 9.06. The van der Waals surface area contributed by atoms with Gasteiger partial charge >= 0.3 is 0 Å². The molecule has 4 rings (SSSR count). The minimum atomic E-state index is -0.229. The van der Waals surface area contributed by atoms with Crippen molar-refractivity contribution in [1.82, 2.24) is 25.7 Å². The highest BCUT2D eigenvalue weighted by Crippen LogP contribution is 2.27. The molecule has 4 aromatic rings. The van der Waals surface area contributed by atoms with Crippen molar-refractivity contribution in [1.29, 1.82) is 0 Å². The van der Waals surface area contributed by atoms with E-state index in [-0.39, 0.29) is 29.7 Å². The van der Waals surface area contributed by atoms with Gasteiger partial charge in [0.05, 0.1) is 10.4 Å². The number of aryl methyl sites for hydroxylation is 1. The largest absolute Gasteiger partial charge is 0.368 e. The second-order valence-corrected chi connectivity index (χ2v) is 9.85. The Balaban J connectivity index is 1.17. The van der Waals surface area contributed by atoms with Gasteiger partial charge in [0, 0.05) is 48.7 Å². The van der Waals surface area contributed by atoms with Crippen LogP contribution >= 0.6 is 11.3 Å². The molecule has 0 aliphatic carbocycles. The van der Waals surface area contributed by atoms with E-state index < -0.39 is 0 Å². The van der Waals surface area contributed by atoms with Crippen LogP contribution in [0.1, 0.15) is 39.0 Å². The monoisotopic (exact) mass is 523 g/mol. The van der Waals surface area contributed by atoms with Crippen molar-refractivity contribution in [2.45, 2.75) is 39.5 Å². The van der Waals surface area contributed by atoms with Crippen LogP contribution in [0.5, 0.6) is 0 Å². The number of anilines is 2. The first kappa shape index (κ1) is 26.0. The number of hydrogen-bond acceptors (Lipinski definition) is 9. The third-order valence-corrected chi connectivity index (χ3v) is 6.26. The number of nitrogens with zero attached hydrogens (tertiary/aromatic N) is 3. The normalized spacial score (nSPS) is 11.1. The molecule has 1 aromatic carbocycles. The van der Waals surface area contributed by atoms with Crippen LogP contribution in [0.25, 0.3) is 22.2 Å². The first-order valence-electron chi connectivity index (χ1n) is 12.1. The molecule has 4 N–H and O–H groups in total. The molecule has 0 spiro atoms. The van der Waals surface area contributed by atoms with Gasteiger partial charge in [-0.25, -0.2) is 5.10 Å². The summed E-state index contributed by atoms with van der Waals surface area (Å²) in [6.45, 7) is 5.06. The van der Waals surface area contributed by atoms with E-state index in [9.17, 15) is 14.4 Å². The molecule has 3 heterocycles. The first-order valence-corrected chi connectivity index (χ1v) is 13.0. The smallest absolute Gasteiger partial charge is 0.272 e. The highest BCUT2D eigenvalue weighted by Gasteiger charge is 2.14. The van der Waals surface area contributed by atoms with Gasteiger partial charge in [-0.2, -0.15) is 10.1 Å². The molecule has 2 amide bonds. The zero-order valence-electron chi connectivity index (χ0n) is 20.7. The number of hydrogen-bond donors (Lipinski definition) is 4. The summed E-state index contributed by atoms with van der Waals surface area (Å²) in [4.78, 5) is 40.4. The summed E-state index contributed by atoms with van der Waals surface area (Å²) < 4.78 is 5.28. The summed E-state index contributed by atoms with van der Waals surface area (Å²) in [5, 5.41) is 23.4. The number of carbonyl (C=O) groups excluding carboxylic acids is 2. The maximum absolute atomic E-state index is 12.2. The fourth-order valence-electron chi connectivity index (χ4n) is 3.63. The Morgan fingerprint density at radius 3 is 2.76 bits per heavy atom. The van der Waals surface area contributed by atoms with E-state index in [2.05, 4.69) is 36.3 Å². The van der Waals surface area contributed by atoms with Crippen molar-refractivity contribution in [3.63, 3.8) is 0 Å². The average molecular weight is 524 g/mol. The molecule has 0 fully saturated rings. The number of aromatic amines is 1. The summed E-state index contributed by atoms with van der Waals surface area (Å²) in [5.41, 5.74) is 0.522. The number of thiophene rings is 1. The van der Waals surface area contributed by atoms with Gasteiger partial charge in [-0.3, -0.25) is 14.4 Å². The quantitative estimate of drug-likeness (QED) is 0.205. The molecular formula is C25H29N7O4S. The number of aromatic nitrogens is 4. The highest BCUT2D eigenvalue weighted by atomic mass is 32.1. The molecule has 0 unspecified atom stereocenters. The van der Waals surface area contributed by atoms with Crippen molar-refractivity contribution >= 4 is 44.7 Å². The van der Waals surface area contributed by atoms with E-state index in [0.717, 1.165) is 16.0 Å². The maximum atomic E-state index is 12.2. The Morgan fingerprint density at radius 1 is 1.14 bits per heavy atom. The van der Waals surface area contributed by atoms with Gasteiger partial charge in [-0.15, -0.1) is 11.3 Å². The lowest BCUT2D eigenvalue weighted by molar-refractivity contribution is -0.121. The zero-order chi connectivity index (χ0) is 26.2. The van der Waals surface area contributed by atoms with Gasteiger partial charge in [0.1, 0.15) is 0 Å². The molecule has 0 aliphatic heterocycles. The predicted molar refractivity (Wildman–Crippen MR) is 142 cm³/mol. The molecule has 0 bridgehead atoms. The van der Waals surface area contributed by atoms with E-state index in [1.165, 1.54) is 11.3 Å². The topological polar surface area (TPSA) is 155 Å². The third-order valence-electron chi connectivity index (χ3n) is 5.41. The van der Waals surface area contributed by atoms with Crippen molar-refractivity contribution in [2.75, 3.05) is 23.7 Å². The molecule has 11 nitrogen and oxygen atoms in total. The number of nitrogens with one attached hydrogen (secondary N) is 4. The fraction of sp³-hybridized carbons (Fsp3) is 0.360. The van der Waals surface area contributed by atoms with Crippen LogP contribution in [0, 0.1) is 5.92 Å². The summed E-state index contributed by atoms with van der Waals surface area (Å²) in [6.07, 6.45) is 1.69. The number of fused-ring (bicyclic) bond motifs is 1. The van der Waals surface area contributed by atoms with Crippen molar-refractivity contribution in [3.05, 3.63) is 52.0 Å². The molecule has 0 aliphatic rings. The molecule has 12 heteroatoms. The number of benzene rings is 1. The van der Waals surface area contributed by atoms with Crippen LogP contribution in [0.3, 0.4) is 0 Å². The maximum Gasteiger partial charge on any atom is 0.272 e. The Labute approximate surface area is 217 Å². The second-order valence-electron chi connectivity index (χ2n) is 8.93. The first-order chi connectivity index (χ1) is 17.9.